The minimum absolute atomic E-state index is 0.00869. The number of hydrogen-bond acceptors (Lipinski definition) is 12. The lowest BCUT2D eigenvalue weighted by Crippen LogP contribution is -2.61. The molecule has 2 aromatic carbocycles. The number of hydrogen-bond donors (Lipinski definition) is 6. The van der Waals surface area contributed by atoms with E-state index in [9.17, 15) is 34.8 Å². The SMILES string of the molecule is COc1ccc(-c2csc(Nc3ccc4c(c3O)C(O)=C3C(=O)C5C(=O)C(C(N)=O)=C(O)[C@@H](N(C)C)C5[C@@H](O)C3[C@H]4C)n2)cc1. The molecule has 7 N–H and O–H groups in total. The number of methoxy groups -OCH3 is 1. The third-order valence-electron chi connectivity index (χ3n) is 9.12. The van der Waals surface area contributed by atoms with Gasteiger partial charge in [0.2, 0.25) is 0 Å². The molecule has 0 spiro atoms. The average molecular weight is 633 g/mol. The van der Waals surface area contributed by atoms with Crippen molar-refractivity contribution in [3.63, 3.8) is 0 Å². The molecule has 0 saturated heterocycles. The van der Waals surface area contributed by atoms with E-state index >= 15 is 0 Å². The van der Waals surface area contributed by atoms with E-state index in [2.05, 4.69) is 10.3 Å². The maximum atomic E-state index is 14.1. The van der Waals surface area contributed by atoms with Crippen LogP contribution in [0.5, 0.6) is 11.5 Å². The number of ketones is 2. The molecule has 3 aromatic rings. The van der Waals surface area contributed by atoms with Crippen molar-refractivity contribution in [2.75, 3.05) is 26.5 Å². The van der Waals surface area contributed by atoms with Gasteiger partial charge >= 0.3 is 0 Å². The lowest BCUT2D eigenvalue weighted by atomic mass is 9.56. The van der Waals surface area contributed by atoms with Gasteiger partial charge in [0.15, 0.2) is 16.7 Å². The third kappa shape index (κ3) is 4.57. The number of Topliss-reactive ketones (excluding diaryl/α,β-unsaturated/α-hetero) is 2. The molecule has 0 radical (unpaired) electrons. The van der Waals surface area contributed by atoms with Crippen LogP contribution in [0.25, 0.3) is 17.0 Å². The number of primary amides is 1. The predicted molar refractivity (Wildman–Crippen MR) is 166 cm³/mol. The van der Waals surface area contributed by atoms with Crippen molar-refractivity contribution in [3.8, 4) is 22.8 Å². The number of likely N-dealkylation sites (N-methyl/N-ethyl adjacent to an activating group) is 1. The lowest BCUT2D eigenvalue weighted by Gasteiger charge is -2.50. The van der Waals surface area contributed by atoms with Crippen LogP contribution in [0.4, 0.5) is 10.8 Å². The molecule has 6 rings (SSSR count). The Morgan fingerprint density at radius 2 is 1.76 bits per heavy atom. The summed E-state index contributed by atoms with van der Waals surface area (Å²) in [5.41, 5.74) is 6.75. The number of thiazole rings is 1. The molecule has 0 aliphatic heterocycles. The number of carbonyl (C=O) groups is 3. The van der Waals surface area contributed by atoms with Gasteiger partial charge in [-0.15, -0.1) is 11.3 Å². The number of nitrogens with one attached hydrogen (secondary N) is 1. The van der Waals surface area contributed by atoms with Crippen LogP contribution in [-0.4, -0.2) is 81.1 Å². The van der Waals surface area contributed by atoms with Crippen molar-refractivity contribution >= 4 is 45.4 Å². The van der Waals surface area contributed by atoms with Gasteiger partial charge in [0.25, 0.3) is 5.91 Å². The fourth-order valence-electron chi connectivity index (χ4n) is 7.05. The van der Waals surface area contributed by atoms with E-state index in [1.807, 2.05) is 29.6 Å². The zero-order chi connectivity index (χ0) is 32.5. The number of phenolic OH excluding ortho intramolecular Hbond substituents is 1. The van der Waals surface area contributed by atoms with Crippen molar-refractivity contribution in [1.29, 1.82) is 0 Å². The molecule has 12 nitrogen and oxygen atoms in total. The highest BCUT2D eigenvalue weighted by Crippen LogP contribution is 2.55. The number of aromatic nitrogens is 1. The number of aliphatic hydroxyl groups excluding tert-OH is 3. The highest BCUT2D eigenvalue weighted by atomic mass is 32.1. The summed E-state index contributed by atoms with van der Waals surface area (Å²) in [6, 6.07) is 9.64. The number of nitrogens with two attached hydrogens (primary N) is 1. The highest BCUT2D eigenvalue weighted by molar-refractivity contribution is 7.14. The minimum Gasteiger partial charge on any atom is -0.510 e. The topological polar surface area (TPSA) is 196 Å². The van der Waals surface area contributed by atoms with Crippen molar-refractivity contribution in [3.05, 3.63) is 69.8 Å². The molecule has 3 unspecified atom stereocenters. The Hall–Kier alpha value is -4.72. The second kappa shape index (κ2) is 11.0. The first kappa shape index (κ1) is 30.3. The maximum Gasteiger partial charge on any atom is 0.255 e. The molecule has 234 valence electrons. The molecule has 3 aliphatic carbocycles. The number of phenols is 1. The average Bonchev–Trinajstić information content (AvgIpc) is 3.46. The molecular weight excluding hydrogens is 600 g/mol. The molecule has 3 aliphatic rings. The molecule has 45 heavy (non-hydrogen) atoms. The Morgan fingerprint density at radius 3 is 2.38 bits per heavy atom. The molecule has 1 heterocycles. The summed E-state index contributed by atoms with van der Waals surface area (Å²) in [5.74, 6) is -8.05. The Morgan fingerprint density at radius 1 is 1.07 bits per heavy atom. The van der Waals surface area contributed by atoms with Gasteiger partial charge in [0.05, 0.1) is 42.1 Å². The molecule has 1 aromatic heterocycles. The van der Waals surface area contributed by atoms with E-state index in [1.165, 1.54) is 16.2 Å². The maximum absolute atomic E-state index is 14.1. The predicted octanol–water partition coefficient (Wildman–Crippen LogP) is 3.26. The fourth-order valence-corrected chi connectivity index (χ4v) is 7.78. The summed E-state index contributed by atoms with van der Waals surface area (Å²) in [5, 5.41) is 51.0. The van der Waals surface area contributed by atoms with Crippen LogP contribution in [0.2, 0.25) is 0 Å². The van der Waals surface area contributed by atoms with E-state index in [1.54, 1.807) is 40.3 Å². The fraction of sp³-hybridized carbons (Fsp3) is 0.312. The molecule has 13 heteroatoms. The van der Waals surface area contributed by atoms with Gasteiger partial charge in [-0.25, -0.2) is 4.98 Å². The highest BCUT2D eigenvalue weighted by Gasteiger charge is 2.60. The van der Waals surface area contributed by atoms with Gasteiger partial charge < -0.3 is 36.2 Å². The summed E-state index contributed by atoms with van der Waals surface area (Å²) in [4.78, 5) is 45.8. The van der Waals surface area contributed by atoms with E-state index < -0.39 is 70.4 Å². The zero-order valence-corrected chi connectivity index (χ0v) is 25.6. The number of ether oxygens (including phenoxy) is 1. The number of amides is 1. The summed E-state index contributed by atoms with van der Waals surface area (Å²) in [6.45, 7) is 1.75. The first-order valence-electron chi connectivity index (χ1n) is 14.2. The summed E-state index contributed by atoms with van der Waals surface area (Å²) < 4.78 is 5.21. The van der Waals surface area contributed by atoms with Crippen molar-refractivity contribution in [2.45, 2.75) is 25.0 Å². The van der Waals surface area contributed by atoms with Gasteiger partial charge in [0, 0.05) is 28.4 Å². The van der Waals surface area contributed by atoms with Gasteiger partial charge in [-0.3, -0.25) is 19.3 Å². The van der Waals surface area contributed by atoms with Crippen LogP contribution < -0.4 is 15.8 Å². The smallest absolute Gasteiger partial charge is 0.255 e. The Balaban J connectivity index is 1.40. The van der Waals surface area contributed by atoms with E-state index in [0.717, 1.165) is 5.56 Å². The monoisotopic (exact) mass is 632 g/mol. The lowest BCUT2D eigenvalue weighted by molar-refractivity contribution is -0.143. The van der Waals surface area contributed by atoms with Crippen LogP contribution >= 0.6 is 11.3 Å². The molecular formula is C32H32N4O8S. The quantitative estimate of drug-likeness (QED) is 0.133. The van der Waals surface area contributed by atoms with Crippen LogP contribution in [0.15, 0.2) is 58.7 Å². The van der Waals surface area contributed by atoms with Gasteiger partial charge in [0.1, 0.15) is 28.6 Å². The second-order valence-corrected chi connectivity index (χ2v) is 12.6. The summed E-state index contributed by atoms with van der Waals surface area (Å²) >= 11 is 1.30. The molecule has 1 fully saturated rings. The number of fused-ring (bicyclic) bond motifs is 3. The minimum atomic E-state index is -1.58. The number of aromatic hydroxyl groups is 1. The van der Waals surface area contributed by atoms with Crippen molar-refractivity contribution in [2.24, 2.45) is 23.5 Å². The van der Waals surface area contributed by atoms with Crippen LogP contribution in [0.3, 0.4) is 0 Å². The molecule has 1 saturated carbocycles. The first-order valence-corrected chi connectivity index (χ1v) is 15.1. The Bertz CT molecular complexity index is 1810. The number of nitrogens with zero attached hydrogens (tertiary/aromatic N) is 2. The number of anilines is 2. The van der Waals surface area contributed by atoms with E-state index in [4.69, 9.17) is 10.5 Å². The van der Waals surface area contributed by atoms with E-state index in [-0.39, 0.29) is 22.6 Å². The van der Waals surface area contributed by atoms with Crippen LogP contribution in [0, 0.1) is 17.8 Å². The molecule has 0 bridgehead atoms. The molecule has 1 amide bonds. The Labute approximate surface area is 262 Å². The van der Waals surface area contributed by atoms with Gasteiger partial charge in [-0.1, -0.05) is 13.0 Å². The largest absolute Gasteiger partial charge is 0.510 e. The third-order valence-corrected chi connectivity index (χ3v) is 9.88. The molecule has 6 atom stereocenters. The second-order valence-electron chi connectivity index (χ2n) is 11.7. The van der Waals surface area contributed by atoms with Crippen LogP contribution in [0.1, 0.15) is 24.0 Å². The number of carbonyl (C=O) groups excluding carboxylic acids is 3. The van der Waals surface area contributed by atoms with Crippen molar-refractivity contribution < 1.29 is 39.5 Å². The van der Waals surface area contributed by atoms with Crippen molar-refractivity contribution in [1.82, 2.24) is 9.88 Å². The number of benzene rings is 2. The number of rotatable bonds is 6. The Kier molecular flexibility index (Phi) is 7.42. The van der Waals surface area contributed by atoms with E-state index in [0.29, 0.717) is 22.1 Å². The van der Waals surface area contributed by atoms with Crippen LogP contribution in [-0.2, 0) is 14.4 Å². The normalized spacial score (nSPS) is 26.0. The standard InChI is InChI=1S/C32H32N4O8S/c1-12-15-9-10-16(34-32-35-17(11-45-32)13-5-7-14(44-4)8-6-13)25(37)19(15)27(39)21-18(12)26(38)20-22(28(21)40)29(41)23(31(33)43)30(42)24(20)36(2)3/h5-12,18,20,22,24,26,37-39,42H,1-4H3,(H2,33,43)(H,34,35)/t12-,18?,20?,22?,24-,26-/m0/s1. The van der Waals surface area contributed by atoms with Gasteiger partial charge in [-0.2, -0.15) is 0 Å². The first-order chi connectivity index (χ1) is 21.4. The number of aliphatic hydroxyl groups is 3. The zero-order valence-electron chi connectivity index (χ0n) is 24.8. The summed E-state index contributed by atoms with van der Waals surface area (Å²) in [6.07, 6.45) is -1.38. The summed E-state index contributed by atoms with van der Waals surface area (Å²) in [7, 11) is 4.75. The van der Waals surface area contributed by atoms with Gasteiger partial charge in [-0.05, 0) is 55.9 Å².